The summed E-state index contributed by atoms with van der Waals surface area (Å²) in [6, 6.07) is 7.83. The van der Waals surface area contributed by atoms with Gasteiger partial charge in [0.15, 0.2) is 0 Å². The number of hydrogen-bond donors (Lipinski definition) is 2. The highest BCUT2D eigenvalue weighted by Crippen LogP contribution is 2.10. The van der Waals surface area contributed by atoms with E-state index in [9.17, 15) is 4.79 Å². The molecule has 1 rings (SSSR count). The standard InChI is InChI=1S/C16H22N2O/c1-12(2)13(3)16(19)18-11-15-7-4-6-14(10-15)8-5-9-17/h4,6-7,10,12-13H,9,11,17H2,1-3H3,(H,18,19). The molecule has 0 aromatic heterocycles. The van der Waals surface area contributed by atoms with Crippen molar-refractivity contribution in [3.05, 3.63) is 35.4 Å². The molecule has 1 amide bonds. The molecule has 19 heavy (non-hydrogen) atoms. The normalized spacial score (nSPS) is 11.6. The number of benzene rings is 1. The zero-order chi connectivity index (χ0) is 14.3. The largest absolute Gasteiger partial charge is 0.352 e. The summed E-state index contributed by atoms with van der Waals surface area (Å²) in [6.45, 7) is 6.94. The highest BCUT2D eigenvalue weighted by atomic mass is 16.1. The van der Waals surface area contributed by atoms with E-state index in [1.54, 1.807) is 0 Å². The Kier molecular flexibility index (Phi) is 6.11. The van der Waals surface area contributed by atoms with Crippen LogP contribution in [0.1, 0.15) is 31.9 Å². The SMILES string of the molecule is CC(C)C(C)C(=O)NCc1cccc(C#CCN)c1. The number of amides is 1. The van der Waals surface area contributed by atoms with Gasteiger partial charge in [0, 0.05) is 18.0 Å². The second kappa shape index (κ2) is 7.60. The minimum Gasteiger partial charge on any atom is -0.352 e. The molecule has 0 radical (unpaired) electrons. The van der Waals surface area contributed by atoms with E-state index in [0.29, 0.717) is 19.0 Å². The lowest BCUT2D eigenvalue weighted by Gasteiger charge is -2.15. The van der Waals surface area contributed by atoms with Crippen LogP contribution in [0.4, 0.5) is 0 Å². The lowest BCUT2D eigenvalue weighted by atomic mass is 9.97. The molecule has 0 bridgehead atoms. The van der Waals surface area contributed by atoms with E-state index in [1.165, 1.54) is 0 Å². The molecule has 0 aliphatic carbocycles. The van der Waals surface area contributed by atoms with Crippen molar-refractivity contribution >= 4 is 5.91 Å². The third kappa shape index (κ3) is 5.15. The summed E-state index contributed by atoms with van der Waals surface area (Å²) >= 11 is 0. The van der Waals surface area contributed by atoms with Crippen LogP contribution in [0, 0.1) is 23.7 Å². The molecule has 0 aliphatic heterocycles. The van der Waals surface area contributed by atoms with Gasteiger partial charge in [0.05, 0.1) is 6.54 Å². The van der Waals surface area contributed by atoms with Gasteiger partial charge in [-0.1, -0.05) is 44.7 Å². The molecule has 3 N–H and O–H groups in total. The Balaban J connectivity index is 2.61. The molecule has 1 aromatic rings. The molecule has 0 fully saturated rings. The highest BCUT2D eigenvalue weighted by molar-refractivity contribution is 5.78. The number of carbonyl (C=O) groups excluding carboxylic acids is 1. The van der Waals surface area contributed by atoms with E-state index in [1.807, 2.05) is 45.0 Å². The minimum atomic E-state index is 0.0280. The van der Waals surface area contributed by atoms with Gasteiger partial charge in [-0.15, -0.1) is 0 Å². The van der Waals surface area contributed by atoms with E-state index in [4.69, 9.17) is 5.73 Å². The van der Waals surface area contributed by atoms with Gasteiger partial charge in [-0.2, -0.15) is 0 Å². The van der Waals surface area contributed by atoms with Crippen LogP contribution in [-0.4, -0.2) is 12.5 Å². The van der Waals surface area contributed by atoms with E-state index in [-0.39, 0.29) is 11.8 Å². The first-order valence-corrected chi connectivity index (χ1v) is 6.60. The van der Waals surface area contributed by atoms with E-state index < -0.39 is 0 Å². The number of carbonyl (C=O) groups is 1. The lowest BCUT2D eigenvalue weighted by molar-refractivity contribution is -0.125. The average Bonchev–Trinajstić information content (AvgIpc) is 2.42. The van der Waals surface area contributed by atoms with E-state index in [0.717, 1.165) is 11.1 Å². The third-order valence-electron chi connectivity index (χ3n) is 3.14. The molecule has 0 saturated heterocycles. The molecule has 0 heterocycles. The third-order valence-corrected chi connectivity index (χ3v) is 3.14. The number of rotatable bonds is 4. The molecule has 1 aromatic carbocycles. The smallest absolute Gasteiger partial charge is 0.223 e. The van der Waals surface area contributed by atoms with E-state index in [2.05, 4.69) is 17.2 Å². The number of hydrogen-bond acceptors (Lipinski definition) is 2. The van der Waals surface area contributed by atoms with Crippen molar-refractivity contribution in [1.29, 1.82) is 0 Å². The van der Waals surface area contributed by atoms with Crippen LogP contribution in [0.2, 0.25) is 0 Å². The molecule has 0 aliphatic rings. The zero-order valence-corrected chi connectivity index (χ0v) is 11.9. The molecular weight excluding hydrogens is 236 g/mol. The molecule has 3 nitrogen and oxygen atoms in total. The molecule has 1 atom stereocenters. The van der Waals surface area contributed by atoms with E-state index >= 15 is 0 Å². The Morgan fingerprint density at radius 3 is 2.74 bits per heavy atom. The molecule has 0 spiro atoms. The molecular formula is C16H22N2O. The van der Waals surface area contributed by atoms with Crippen LogP contribution in [0.3, 0.4) is 0 Å². The Hall–Kier alpha value is -1.79. The predicted octanol–water partition coefficient (Wildman–Crippen LogP) is 1.91. The van der Waals surface area contributed by atoms with Gasteiger partial charge in [-0.25, -0.2) is 0 Å². The van der Waals surface area contributed by atoms with Gasteiger partial charge in [0.2, 0.25) is 5.91 Å². The predicted molar refractivity (Wildman–Crippen MR) is 78.2 cm³/mol. The summed E-state index contributed by atoms with van der Waals surface area (Å²) in [6.07, 6.45) is 0. The Morgan fingerprint density at radius 1 is 1.37 bits per heavy atom. The number of nitrogens with two attached hydrogens (primary N) is 1. The van der Waals surface area contributed by atoms with Crippen LogP contribution in [0.15, 0.2) is 24.3 Å². The van der Waals surface area contributed by atoms with Crippen LogP contribution in [0.5, 0.6) is 0 Å². The maximum atomic E-state index is 11.9. The molecule has 3 heteroatoms. The maximum absolute atomic E-state index is 11.9. The summed E-state index contributed by atoms with van der Waals surface area (Å²) in [5.74, 6) is 6.27. The van der Waals surface area contributed by atoms with Gasteiger partial charge in [-0.3, -0.25) is 4.79 Å². The Bertz CT molecular complexity index is 483. The van der Waals surface area contributed by atoms with Crippen LogP contribution in [0.25, 0.3) is 0 Å². The topological polar surface area (TPSA) is 55.1 Å². The quantitative estimate of drug-likeness (QED) is 0.811. The zero-order valence-electron chi connectivity index (χ0n) is 11.9. The number of nitrogens with one attached hydrogen (secondary N) is 1. The van der Waals surface area contributed by atoms with Crippen molar-refractivity contribution in [1.82, 2.24) is 5.32 Å². The maximum Gasteiger partial charge on any atom is 0.223 e. The monoisotopic (exact) mass is 258 g/mol. The van der Waals surface area contributed by atoms with Crippen LogP contribution in [-0.2, 0) is 11.3 Å². The average molecular weight is 258 g/mol. The summed E-state index contributed by atoms with van der Waals surface area (Å²) < 4.78 is 0. The summed E-state index contributed by atoms with van der Waals surface area (Å²) in [5, 5.41) is 2.95. The summed E-state index contributed by atoms with van der Waals surface area (Å²) in [7, 11) is 0. The van der Waals surface area contributed by atoms with Gasteiger partial charge < -0.3 is 11.1 Å². The van der Waals surface area contributed by atoms with Crippen molar-refractivity contribution in [2.45, 2.75) is 27.3 Å². The first-order valence-electron chi connectivity index (χ1n) is 6.60. The van der Waals surface area contributed by atoms with Gasteiger partial charge in [0.1, 0.15) is 0 Å². The first-order chi connectivity index (χ1) is 9.04. The van der Waals surface area contributed by atoms with Crippen molar-refractivity contribution in [2.75, 3.05) is 6.54 Å². The molecule has 0 saturated carbocycles. The fourth-order valence-corrected chi connectivity index (χ4v) is 1.57. The minimum absolute atomic E-state index is 0.0280. The second-order valence-electron chi connectivity index (χ2n) is 4.96. The second-order valence-corrected chi connectivity index (χ2v) is 4.96. The molecule has 102 valence electrons. The van der Waals surface area contributed by atoms with Crippen molar-refractivity contribution < 1.29 is 4.79 Å². The van der Waals surface area contributed by atoms with Gasteiger partial charge in [-0.05, 0) is 23.6 Å². The summed E-state index contributed by atoms with van der Waals surface area (Å²) in [4.78, 5) is 11.9. The first kappa shape index (κ1) is 15.3. The lowest BCUT2D eigenvalue weighted by Crippen LogP contribution is -2.31. The van der Waals surface area contributed by atoms with Gasteiger partial charge >= 0.3 is 0 Å². The highest BCUT2D eigenvalue weighted by Gasteiger charge is 2.15. The van der Waals surface area contributed by atoms with Gasteiger partial charge in [0.25, 0.3) is 0 Å². The fourth-order valence-electron chi connectivity index (χ4n) is 1.57. The Morgan fingerprint density at radius 2 is 2.11 bits per heavy atom. The Labute approximate surface area is 115 Å². The van der Waals surface area contributed by atoms with Crippen molar-refractivity contribution in [3.8, 4) is 11.8 Å². The van der Waals surface area contributed by atoms with Crippen LogP contribution >= 0.6 is 0 Å². The summed E-state index contributed by atoms with van der Waals surface area (Å²) in [5.41, 5.74) is 7.32. The van der Waals surface area contributed by atoms with Crippen molar-refractivity contribution in [2.24, 2.45) is 17.6 Å². The van der Waals surface area contributed by atoms with Crippen LogP contribution < -0.4 is 11.1 Å². The fraction of sp³-hybridized carbons (Fsp3) is 0.438. The molecule has 1 unspecified atom stereocenters. The van der Waals surface area contributed by atoms with Crippen molar-refractivity contribution in [3.63, 3.8) is 0 Å².